The maximum absolute atomic E-state index is 11.8. The fraction of sp³-hybridized carbons (Fsp3) is 0.562. The zero-order chi connectivity index (χ0) is 15.2. The number of hydrogen-bond acceptors (Lipinski definition) is 3. The van der Waals surface area contributed by atoms with Gasteiger partial charge in [0.25, 0.3) is 0 Å². The lowest BCUT2D eigenvalue weighted by atomic mass is 10.00. The van der Waals surface area contributed by atoms with Crippen molar-refractivity contribution in [2.24, 2.45) is 0 Å². The zero-order valence-corrected chi connectivity index (χ0v) is 13.0. The topological polar surface area (TPSA) is 59.6 Å². The Hall–Kier alpha value is -1.59. The van der Waals surface area contributed by atoms with Crippen molar-refractivity contribution in [3.05, 3.63) is 34.4 Å². The van der Waals surface area contributed by atoms with Gasteiger partial charge in [0.2, 0.25) is 0 Å². The Kier molecular flexibility index (Phi) is 5.59. The van der Waals surface area contributed by atoms with Crippen LogP contribution in [0.4, 0.5) is 4.79 Å². The van der Waals surface area contributed by atoms with E-state index in [1.165, 1.54) is 22.3 Å². The van der Waals surface area contributed by atoms with Crippen LogP contribution in [-0.2, 0) is 16.0 Å². The number of carbonyl (C=O) groups excluding carboxylic acids is 1. The van der Waals surface area contributed by atoms with Crippen molar-refractivity contribution < 1.29 is 14.3 Å². The molecule has 1 aliphatic rings. The Morgan fingerprint density at radius 2 is 1.90 bits per heavy atom. The normalized spacial score (nSPS) is 18.3. The monoisotopic (exact) mass is 292 g/mol. The lowest BCUT2D eigenvalue weighted by Crippen LogP contribution is -2.43. The van der Waals surface area contributed by atoms with E-state index in [4.69, 9.17) is 9.47 Å². The number of amides is 2. The van der Waals surface area contributed by atoms with E-state index < -0.39 is 0 Å². The fourth-order valence-electron chi connectivity index (χ4n) is 2.58. The predicted molar refractivity (Wildman–Crippen MR) is 81.5 cm³/mol. The van der Waals surface area contributed by atoms with Gasteiger partial charge in [-0.2, -0.15) is 0 Å². The highest BCUT2D eigenvalue weighted by Crippen LogP contribution is 2.15. The second kappa shape index (κ2) is 7.43. The molecule has 21 heavy (non-hydrogen) atoms. The Bertz CT molecular complexity index is 473. The molecule has 0 spiro atoms. The Balaban J connectivity index is 1.78. The van der Waals surface area contributed by atoms with Gasteiger partial charge in [-0.15, -0.1) is 0 Å². The van der Waals surface area contributed by atoms with Crippen molar-refractivity contribution in [2.75, 3.05) is 26.4 Å². The number of carbonyl (C=O) groups is 1. The summed E-state index contributed by atoms with van der Waals surface area (Å²) in [6.07, 6.45) is -0.0488. The van der Waals surface area contributed by atoms with Crippen molar-refractivity contribution in [3.63, 3.8) is 0 Å². The van der Waals surface area contributed by atoms with Crippen LogP contribution < -0.4 is 10.6 Å². The highest BCUT2D eigenvalue weighted by molar-refractivity contribution is 5.73. The summed E-state index contributed by atoms with van der Waals surface area (Å²) in [7, 11) is 0. The van der Waals surface area contributed by atoms with Gasteiger partial charge in [0.1, 0.15) is 0 Å². The first kappa shape index (κ1) is 15.8. The predicted octanol–water partition coefficient (Wildman–Crippen LogP) is 1.83. The van der Waals surface area contributed by atoms with E-state index in [1.54, 1.807) is 0 Å². The van der Waals surface area contributed by atoms with E-state index in [0.29, 0.717) is 32.9 Å². The van der Waals surface area contributed by atoms with E-state index >= 15 is 0 Å². The van der Waals surface area contributed by atoms with Gasteiger partial charge in [-0.25, -0.2) is 4.79 Å². The van der Waals surface area contributed by atoms with E-state index in [1.807, 2.05) is 0 Å². The fourth-order valence-corrected chi connectivity index (χ4v) is 2.58. The quantitative estimate of drug-likeness (QED) is 0.890. The molecule has 1 atom stereocenters. The van der Waals surface area contributed by atoms with Gasteiger partial charge in [-0.3, -0.25) is 0 Å². The van der Waals surface area contributed by atoms with Gasteiger partial charge < -0.3 is 20.1 Å². The van der Waals surface area contributed by atoms with E-state index in [2.05, 4.69) is 43.5 Å². The average molecular weight is 292 g/mol. The number of hydrogen-bond donors (Lipinski definition) is 2. The van der Waals surface area contributed by atoms with Gasteiger partial charge >= 0.3 is 6.03 Å². The van der Waals surface area contributed by atoms with Crippen LogP contribution in [0, 0.1) is 20.8 Å². The minimum absolute atomic E-state index is 0.0488. The van der Waals surface area contributed by atoms with Gasteiger partial charge in [0.15, 0.2) is 0 Å². The molecule has 0 radical (unpaired) electrons. The summed E-state index contributed by atoms with van der Waals surface area (Å²) in [5.41, 5.74) is 4.83. The van der Waals surface area contributed by atoms with Crippen LogP contribution in [0.2, 0.25) is 0 Å². The van der Waals surface area contributed by atoms with Crippen LogP contribution >= 0.6 is 0 Å². The molecule has 1 saturated heterocycles. The molecule has 116 valence electrons. The molecule has 1 aromatic carbocycles. The van der Waals surface area contributed by atoms with Gasteiger partial charge in [0, 0.05) is 13.1 Å². The van der Waals surface area contributed by atoms with Crippen molar-refractivity contribution in [3.8, 4) is 0 Å². The Morgan fingerprint density at radius 1 is 1.19 bits per heavy atom. The van der Waals surface area contributed by atoms with Gasteiger partial charge in [-0.1, -0.05) is 17.7 Å². The molecule has 0 bridgehead atoms. The molecule has 2 N–H and O–H groups in total. The summed E-state index contributed by atoms with van der Waals surface area (Å²) in [5.74, 6) is 0. The molecule has 2 rings (SSSR count). The lowest BCUT2D eigenvalue weighted by Gasteiger charge is -2.23. The summed E-state index contributed by atoms with van der Waals surface area (Å²) in [6.45, 7) is 8.99. The highest BCUT2D eigenvalue weighted by atomic mass is 16.6. The second-order valence-corrected chi connectivity index (χ2v) is 5.51. The third-order valence-corrected chi connectivity index (χ3v) is 3.64. The molecule has 2 amide bonds. The maximum atomic E-state index is 11.8. The molecule has 0 saturated carbocycles. The summed E-state index contributed by atoms with van der Waals surface area (Å²) in [6, 6.07) is 4.09. The van der Waals surface area contributed by atoms with Crippen molar-refractivity contribution in [1.29, 1.82) is 0 Å². The van der Waals surface area contributed by atoms with Crippen LogP contribution in [-0.4, -0.2) is 38.5 Å². The standard InChI is InChI=1S/C16H24N2O3/c1-11-6-12(2)15(13(3)7-11)9-18-16(19)17-8-14-10-20-4-5-21-14/h6-7,14H,4-5,8-10H2,1-3H3,(H2,17,18,19). The van der Waals surface area contributed by atoms with Crippen LogP contribution in [0.3, 0.4) is 0 Å². The summed E-state index contributed by atoms with van der Waals surface area (Å²) >= 11 is 0. The van der Waals surface area contributed by atoms with E-state index in [9.17, 15) is 4.79 Å². The first-order valence-electron chi connectivity index (χ1n) is 7.34. The molecule has 5 nitrogen and oxygen atoms in total. The van der Waals surface area contributed by atoms with Gasteiger partial charge in [0.05, 0.1) is 25.9 Å². The summed E-state index contributed by atoms with van der Waals surface area (Å²) < 4.78 is 10.8. The average Bonchev–Trinajstić information content (AvgIpc) is 2.45. The van der Waals surface area contributed by atoms with Crippen molar-refractivity contribution in [2.45, 2.75) is 33.4 Å². The third-order valence-electron chi connectivity index (χ3n) is 3.64. The van der Waals surface area contributed by atoms with Crippen molar-refractivity contribution >= 4 is 6.03 Å². The largest absolute Gasteiger partial charge is 0.376 e. The molecule has 5 heteroatoms. The molecular weight excluding hydrogens is 268 g/mol. The number of benzene rings is 1. The van der Waals surface area contributed by atoms with Crippen LogP contribution in [0.1, 0.15) is 22.3 Å². The number of urea groups is 1. The van der Waals surface area contributed by atoms with Crippen LogP contribution in [0.5, 0.6) is 0 Å². The number of ether oxygens (including phenoxy) is 2. The van der Waals surface area contributed by atoms with Gasteiger partial charge in [-0.05, 0) is 37.5 Å². The molecule has 1 unspecified atom stereocenters. The zero-order valence-electron chi connectivity index (χ0n) is 13.0. The number of aryl methyl sites for hydroxylation is 3. The Labute approximate surface area is 126 Å². The number of rotatable bonds is 4. The Morgan fingerprint density at radius 3 is 2.52 bits per heavy atom. The van der Waals surface area contributed by atoms with Crippen molar-refractivity contribution in [1.82, 2.24) is 10.6 Å². The molecule has 1 aliphatic heterocycles. The third kappa shape index (κ3) is 4.72. The number of nitrogens with one attached hydrogen (secondary N) is 2. The maximum Gasteiger partial charge on any atom is 0.315 e. The first-order valence-corrected chi connectivity index (χ1v) is 7.34. The molecule has 1 heterocycles. The second-order valence-electron chi connectivity index (χ2n) is 5.51. The minimum Gasteiger partial charge on any atom is -0.376 e. The van der Waals surface area contributed by atoms with Crippen LogP contribution in [0.25, 0.3) is 0 Å². The summed E-state index contributed by atoms with van der Waals surface area (Å²) in [4.78, 5) is 11.8. The SMILES string of the molecule is Cc1cc(C)c(CNC(=O)NCC2COCCO2)c(C)c1. The molecular formula is C16H24N2O3. The first-order chi connectivity index (χ1) is 10.1. The lowest BCUT2D eigenvalue weighted by molar-refractivity contribution is -0.0853. The van der Waals surface area contributed by atoms with E-state index in [-0.39, 0.29) is 12.1 Å². The molecule has 0 aliphatic carbocycles. The molecule has 1 fully saturated rings. The highest BCUT2D eigenvalue weighted by Gasteiger charge is 2.15. The van der Waals surface area contributed by atoms with E-state index in [0.717, 1.165) is 0 Å². The minimum atomic E-state index is -0.177. The van der Waals surface area contributed by atoms with Crippen LogP contribution in [0.15, 0.2) is 12.1 Å². The summed E-state index contributed by atoms with van der Waals surface area (Å²) in [5, 5.41) is 5.71. The smallest absolute Gasteiger partial charge is 0.315 e. The molecule has 0 aromatic heterocycles. The molecule has 1 aromatic rings.